The van der Waals surface area contributed by atoms with E-state index in [0.29, 0.717) is 18.5 Å². The summed E-state index contributed by atoms with van der Waals surface area (Å²) < 4.78 is 1.76. The number of hydrogen-bond donors (Lipinski definition) is 1. The fraction of sp³-hybridized carbons (Fsp3) is 0.389. The minimum absolute atomic E-state index is 0.0705. The second-order valence-corrected chi connectivity index (χ2v) is 6.08. The fourth-order valence-electron chi connectivity index (χ4n) is 3.25. The molecule has 2 amide bonds. The molecule has 2 aromatic rings. The first-order chi connectivity index (χ1) is 11.6. The third kappa shape index (κ3) is 3.18. The monoisotopic (exact) mass is 326 g/mol. The zero-order valence-electron chi connectivity index (χ0n) is 14.0. The predicted molar refractivity (Wildman–Crippen MR) is 91.2 cm³/mol. The molecular weight excluding hydrogens is 304 g/mol. The van der Waals surface area contributed by atoms with Gasteiger partial charge in [0.1, 0.15) is 0 Å². The Morgan fingerprint density at radius 3 is 2.75 bits per heavy atom. The average Bonchev–Trinajstić information content (AvgIpc) is 3.05. The van der Waals surface area contributed by atoms with Crippen molar-refractivity contribution in [2.75, 3.05) is 12.4 Å². The van der Waals surface area contributed by atoms with Crippen molar-refractivity contribution in [2.24, 2.45) is 5.92 Å². The molecule has 1 aliphatic heterocycles. The van der Waals surface area contributed by atoms with E-state index < -0.39 is 0 Å². The Labute approximate surface area is 141 Å². The lowest BCUT2D eigenvalue weighted by Gasteiger charge is -2.38. The summed E-state index contributed by atoms with van der Waals surface area (Å²) in [6, 6.07) is 9.49. The SMILES string of the molecule is CCn1cc(NC(=O)C2CCC(=O)N(C)C2c2ccccc2)cn1. The van der Waals surface area contributed by atoms with E-state index in [2.05, 4.69) is 10.4 Å². The van der Waals surface area contributed by atoms with Crippen LogP contribution in [0.4, 0.5) is 5.69 Å². The zero-order valence-corrected chi connectivity index (χ0v) is 14.0. The van der Waals surface area contributed by atoms with Crippen molar-refractivity contribution < 1.29 is 9.59 Å². The van der Waals surface area contributed by atoms with Gasteiger partial charge >= 0.3 is 0 Å². The maximum absolute atomic E-state index is 12.8. The van der Waals surface area contributed by atoms with Crippen molar-refractivity contribution in [1.29, 1.82) is 0 Å². The minimum Gasteiger partial charge on any atom is -0.338 e. The number of anilines is 1. The molecule has 1 aliphatic rings. The fourth-order valence-corrected chi connectivity index (χ4v) is 3.25. The molecule has 0 spiro atoms. The molecule has 1 fully saturated rings. The molecule has 0 aliphatic carbocycles. The van der Waals surface area contributed by atoms with Gasteiger partial charge in [0.25, 0.3) is 0 Å². The molecule has 126 valence electrons. The van der Waals surface area contributed by atoms with Gasteiger partial charge in [-0.05, 0) is 18.9 Å². The van der Waals surface area contributed by atoms with Gasteiger partial charge in [-0.2, -0.15) is 5.10 Å². The number of rotatable bonds is 4. The van der Waals surface area contributed by atoms with E-state index in [0.717, 1.165) is 12.1 Å². The largest absolute Gasteiger partial charge is 0.338 e. The molecule has 0 saturated carbocycles. The van der Waals surface area contributed by atoms with E-state index in [-0.39, 0.29) is 23.8 Å². The van der Waals surface area contributed by atoms with Crippen LogP contribution in [0.5, 0.6) is 0 Å². The van der Waals surface area contributed by atoms with Crippen molar-refractivity contribution in [2.45, 2.75) is 32.4 Å². The van der Waals surface area contributed by atoms with E-state index in [1.165, 1.54) is 0 Å². The van der Waals surface area contributed by atoms with Crippen molar-refractivity contribution in [3.8, 4) is 0 Å². The van der Waals surface area contributed by atoms with Crippen LogP contribution in [-0.4, -0.2) is 33.5 Å². The van der Waals surface area contributed by atoms with Crippen molar-refractivity contribution >= 4 is 17.5 Å². The maximum Gasteiger partial charge on any atom is 0.230 e. The number of aryl methyl sites for hydroxylation is 1. The lowest BCUT2D eigenvalue weighted by Crippen LogP contribution is -2.44. The number of carbonyl (C=O) groups excluding carboxylic acids is 2. The van der Waals surface area contributed by atoms with Crippen molar-refractivity contribution in [3.63, 3.8) is 0 Å². The third-order valence-corrected chi connectivity index (χ3v) is 4.56. The number of nitrogens with one attached hydrogen (secondary N) is 1. The summed E-state index contributed by atoms with van der Waals surface area (Å²) in [5, 5.41) is 7.12. The molecule has 1 saturated heterocycles. The summed E-state index contributed by atoms with van der Waals surface area (Å²) in [5.41, 5.74) is 1.67. The summed E-state index contributed by atoms with van der Waals surface area (Å²) >= 11 is 0. The van der Waals surface area contributed by atoms with Crippen LogP contribution < -0.4 is 5.32 Å². The summed E-state index contributed by atoms with van der Waals surface area (Å²) in [7, 11) is 1.77. The van der Waals surface area contributed by atoms with Gasteiger partial charge in [-0.25, -0.2) is 0 Å². The van der Waals surface area contributed by atoms with Crippen LogP contribution in [0.2, 0.25) is 0 Å². The second kappa shape index (κ2) is 6.86. The quantitative estimate of drug-likeness (QED) is 0.938. The molecule has 2 unspecified atom stereocenters. The second-order valence-electron chi connectivity index (χ2n) is 6.08. The molecule has 0 bridgehead atoms. The van der Waals surface area contributed by atoms with Crippen LogP contribution in [0.3, 0.4) is 0 Å². The van der Waals surface area contributed by atoms with E-state index in [1.807, 2.05) is 43.5 Å². The number of aromatic nitrogens is 2. The molecule has 6 nitrogen and oxygen atoms in total. The Balaban J connectivity index is 1.83. The van der Waals surface area contributed by atoms with Gasteiger partial charge in [0.05, 0.1) is 23.8 Å². The molecular formula is C18H22N4O2. The van der Waals surface area contributed by atoms with Gasteiger partial charge in [0.15, 0.2) is 0 Å². The number of amides is 2. The highest BCUT2D eigenvalue weighted by Gasteiger charge is 2.38. The molecule has 2 atom stereocenters. The van der Waals surface area contributed by atoms with Gasteiger partial charge < -0.3 is 10.2 Å². The van der Waals surface area contributed by atoms with Crippen molar-refractivity contribution in [1.82, 2.24) is 14.7 Å². The van der Waals surface area contributed by atoms with Crippen LogP contribution in [0.25, 0.3) is 0 Å². The van der Waals surface area contributed by atoms with E-state index in [4.69, 9.17) is 0 Å². The topological polar surface area (TPSA) is 67.2 Å². The molecule has 1 aromatic heterocycles. The Kier molecular flexibility index (Phi) is 4.64. The number of piperidine rings is 1. The van der Waals surface area contributed by atoms with Crippen LogP contribution in [0.15, 0.2) is 42.7 Å². The molecule has 1 aromatic carbocycles. The molecule has 2 heterocycles. The predicted octanol–water partition coefficient (Wildman–Crippen LogP) is 2.45. The van der Waals surface area contributed by atoms with Crippen LogP contribution >= 0.6 is 0 Å². The zero-order chi connectivity index (χ0) is 17.1. The van der Waals surface area contributed by atoms with E-state index >= 15 is 0 Å². The third-order valence-electron chi connectivity index (χ3n) is 4.56. The summed E-state index contributed by atoms with van der Waals surface area (Å²) in [6.45, 7) is 2.74. The van der Waals surface area contributed by atoms with Gasteiger partial charge in [-0.3, -0.25) is 14.3 Å². The summed E-state index contributed by atoms with van der Waals surface area (Å²) in [5.74, 6) is -0.273. The standard InChI is InChI=1S/C18H22N4O2/c1-3-22-12-14(11-19-22)20-18(24)15-9-10-16(23)21(2)17(15)13-7-5-4-6-8-13/h4-8,11-12,15,17H,3,9-10H2,1-2H3,(H,20,24). The number of likely N-dealkylation sites (tertiary alicyclic amines) is 1. The number of benzene rings is 1. The molecule has 6 heteroatoms. The Bertz CT molecular complexity index is 726. The highest BCUT2D eigenvalue weighted by Crippen LogP contribution is 2.36. The number of carbonyl (C=O) groups is 2. The average molecular weight is 326 g/mol. The van der Waals surface area contributed by atoms with Crippen LogP contribution in [0, 0.1) is 5.92 Å². The normalized spacial score (nSPS) is 20.9. The lowest BCUT2D eigenvalue weighted by molar-refractivity contribution is -0.140. The Hall–Kier alpha value is -2.63. The minimum atomic E-state index is -0.278. The van der Waals surface area contributed by atoms with Crippen LogP contribution in [-0.2, 0) is 16.1 Å². The van der Waals surface area contributed by atoms with Crippen molar-refractivity contribution in [3.05, 3.63) is 48.3 Å². The number of hydrogen-bond acceptors (Lipinski definition) is 3. The molecule has 0 radical (unpaired) electrons. The van der Waals surface area contributed by atoms with E-state index in [9.17, 15) is 9.59 Å². The maximum atomic E-state index is 12.8. The first-order valence-corrected chi connectivity index (χ1v) is 8.24. The molecule has 24 heavy (non-hydrogen) atoms. The van der Waals surface area contributed by atoms with Gasteiger partial charge in [0.2, 0.25) is 11.8 Å². The highest BCUT2D eigenvalue weighted by atomic mass is 16.2. The highest BCUT2D eigenvalue weighted by molar-refractivity contribution is 5.94. The Morgan fingerprint density at radius 2 is 2.08 bits per heavy atom. The summed E-state index contributed by atoms with van der Waals surface area (Å²) in [6.07, 6.45) is 4.41. The lowest BCUT2D eigenvalue weighted by atomic mass is 9.84. The first kappa shape index (κ1) is 16.2. The van der Waals surface area contributed by atoms with Gasteiger partial charge in [-0.15, -0.1) is 0 Å². The molecule has 1 N–H and O–H groups in total. The van der Waals surface area contributed by atoms with E-state index in [1.54, 1.807) is 22.8 Å². The molecule has 3 rings (SSSR count). The van der Waals surface area contributed by atoms with Gasteiger partial charge in [0, 0.05) is 26.2 Å². The Morgan fingerprint density at radius 1 is 1.33 bits per heavy atom. The first-order valence-electron chi connectivity index (χ1n) is 8.24. The smallest absolute Gasteiger partial charge is 0.230 e. The number of nitrogens with zero attached hydrogens (tertiary/aromatic N) is 3. The summed E-state index contributed by atoms with van der Waals surface area (Å²) in [4.78, 5) is 26.6. The van der Waals surface area contributed by atoms with Crippen LogP contribution in [0.1, 0.15) is 31.4 Å². The van der Waals surface area contributed by atoms with Gasteiger partial charge in [-0.1, -0.05) is 30.3 Å².